The van der Waals surface area contributed by atoms with Gasteiger partial charge in [0, 0.05) is 31.8 Å². The molecule has 0 saturated heterocycles. The van der Waals surface area contributed by atoms with Gasteiger partial charge in [0.05, 0.1) is 12.5 Å². The van der Waals surface area contributed by atoms with Crippen LogP contribution in [0.1, 0.15) is 32.3 Å². The molecule has 0 aliphatic rings. The number of carbonyl (C=O) groups is 2. The van der Waals surface area contributed by atoms with E-state index in [0.29, 0.717) is 13.1 Å². The van der Waals surface area contributed by atoms with Gasteiger partial charge in [-0.15, -0.1) is 12.4 Å². The van der Waals surface area contributed by atoms with Crippen molar-refractivity contribution < 1.29 is 14.3 Å². The number of ether oxygens (including phenoxy) is 1. The van der Waals surface area contributed by atoms with E-state index in [1.165, 1.54) is 7.11 Å². The van der Waals surface area contributed by atoms with Crippen molar-refractivity contribution in [3.05, 3.63) is 29.8 Å². The number of anilines is 1. The molecule has 136 valence electrons. The Morgan fingerprint density at radius 2 is 2.04 bits per heavy atom. The molecule has 4 N–H and O–H groups in total. The maximum atomic E-state index is 11.9. The summed E-state index contributed by atoms with van der Waals surface area (Å²) in [7, 11) is 1.54. The van der Waals surface area contributed by atoms with Gasteiger partial charge in [-0.3, -0.25) is 9.59 Å². The van der Waals surface area contributed by atoms with E-state index in [9.17, 15) is 9.59 Å². The first-order valence-electron chi connectivity index (χ1n) is 7.89. The van der Waals surface area contributed by atoms with Crippen LogP contribution in [0, 0.1) is 5.92 Å². The molecule has 0 saturated carbocycles. The summed E-state index contributed by atoms with van der Waals surface area (Å²) in [5.74, 6) is -0.142. The Morgan fingerprint density at radius 1 is 1.33 bits per heavy atom. The highest BCUT2D eigenvalue weighted by Crippen LogP contribution is 2.13. The van der Waals surface area contributed by atoms with E-state index in [-0.39, 0.29) is 42.7 Å². The Bertz CT molecular complexity index is 522. The van der Waals surface area contributed by atoms with Gasteiger partial charge in [-0.2, -0.15) is 0 Å². The van der Waals surface area contributed by atoms with Crippen LogP contribution in [0.5, 0.6) is 0 Å². The van der Waals surface area contributed by atoms with E-state index in [1.54, 1.807) is 0 Å². The number of nitrogens with one attached hydrogen (secondary N) is 2. The molecule has 1 rings (SSSR count). The summed E-state index contributed by atoms with van der Waals surface area (Å²) in [6.07, 6.45) is 0.761. The fraction of sp³-hybridized carbons (Fsp3) is 0.529. The van der Waals surface area contributed by atoms with Crippen molar-refractivity contribution in [2.75, 3.05) is 19.0 Å². The van der Waals surface area contributed by atoms with Gasteiger partial charge in [0.25, 0.3) is 0 Å². The molecule has 7 heteroatoms. The van der Waals surface area contributed by atoms with Gasteiger partial charge in [0.1, 0.15) is 0 Å². The molecule has 0 heterocycles. The largest absolute Gasteiger partial charge is 0.380 e. The lowest BCUT2D eigenvalue weighted by Gasteiger charge is -2.13. The molecule has 2 amide bonds. The molecular weight excluding hydrogens is 330 g/mol. The zero-order chi connectivity index (χ0) is 17.2. The van der Waals surface area contributed by atoms with Crippen molar-refractivity contribution in [3.63, 3.8) is 0 Å². The molecule has 0 radical (unpaired) electrons. The Kier molecular flexibility index (Phi) is 11.0. The highest BCUT2D eigenvalue weighted by atomic mass is 35.5. The zero-order valence-corrected chi connectivity index (χ0v) is 15.3. The summed E-state index contributed by atoms with van der Waals surface area (Å²) < 4.78 is 5.08. The topological polar surface area (TPSA) is 93.5 Å². The number of hydrogen-bond acceptors (Lipinski definition) is 4. The van der Waals surface area contributed by atoms with Gasteiger partial charge in [-0.1, -0.05) is 26.0 Å². The van der Waals surface area contributed by atoms with Crippen LogP contribution in [0.25, 0.3) is 0 Å². The molecule has 2 unspecified atom stereocenters. The summed E-state index contributed by atoms with van der Waals surface area (Å²) in [5, 5.41) is 5.71. The fourth-order valence-electron chi connectivity index (χ4n) is 1.95. The average molecular weight is 358 g/mol. The minimum atomic E-state index is -0.267. The average Bonchev–Trinajstić information content (AvgIpc) is 2.57. The van der Waals surface area contributed by atoms with E-state index in [4.69, 9.17) is 10.5 Å². The minimum absolute atomic E-state index is 0. The van der Waals surface area contributed by atoms with Crippen LogP contribution in [-0.4, -0.2) is 31.6 Å². The first kappa shape index (κ1) is 22.4. The van der Waals surface area contributed by atoms with Gasteiger partial charge in [-0.05, 0) is 24.1 Å². The Labute approximate surface area is 149 Å². The molecule has 0 bridgehead atoms. The van der Waals surface area contributed by atoms with Crippen LogP contribution in [0.3, 0.4) is 0 Å². The normalized spacial score (nSPS) is 12.7. The van der Waals surface area contributed by atoms with Gasteiger partial charge < -0.3 is 21.1 Å². The number of amides is 2. The maximum Gasteiger partial charge on any atom is 0.227 e. The molecule has 2 atom stereocenters. The van der Waals surface area contributed by atoms with E-state index >= 15 is 0 Å². The van der Waals surface area contributed by atoms with Crippen molar-refractivity contribution in [2.45, 2.75) is 39.3 Å². The first-order chi connectivity index (χ1) is 11.0. The van der Waals surface area contributed by atoms with Crippen LogP contribution in [0.15, 0.2) is 24.3 Å². The first-order valence-corrected chi connectivity index (χ1v) is 7.89. The summed E-state index contributed by atoms with van der Waals surface area (Å²) in [6, 6.07) is 7.44. The lowest BCUT2D eigenvalue weighted by atomic mass is 10.1. The van der Waals surface area contributed by atoms with Gasteiger partial charge >= 0.3 is 0 Å². The third-order valence-electron chi connectivity index (χ3n) is 3.75. The summed E-state index contributed by atoms with van der Waals surface area (Å²) in [6.45, 7) is 4.57. The van der Waals surface area contributed by atoms with Gasteiger partial charge in [0.15, 0.2) is 0 Å². The SMILES string of the molecule is CCC(C)C(=O)Nc1cccc(CNC(=O)CC(CN)OC)c1.Cl. The number of benzene rings is 1. The molecule has 0 fully saturated rings. The van der Waals surface area contributed by atoms with Crippen molar-refractivity contribution in [3.8, 4) is 0 Å². The number of hydrogen-bond donors (Lipinski definition) is 3. The van der Waals surface area contributed by atoms with Crippen LogP contribution >= 0.6 is 12.4 Å². The van der Waals surface area contributed by atoms with Crippen LogP contribution in [-0.2, 0) is 20.9 Å². The lowest BCUT2D eigenvalue weighted by molar-refractivity contribution is -0.123. The number of nitrogens with two attached hydrogens (primary N) is 1. The van der Waals surface area contributed by atoms with E-state index in [0.717, 1.165) is 17.7 Å². The Morgan fingerprint density at radius 3 is 2.62 bits per heavy atom. The summed E-state index contributed by atoms with van der Waals surface area (Å²) >= 11 is 0. The molecule has 0 aliphatic heterocycles. The Balaban J connectivity index is 0.00000529. The van der Waals surface area contributed by atoms with Crippen molar-refractivity contribution in [1.29, 1.82) is 0 Å². The number of rotatable bonds is 9. The molecule has 6 nitrogen and oxygen atoms in total. The molecule has 1 aromatic rings. The minimum Gasteiger partial charge on any atom is -0.380 e. The lowest BCUT2D eigenvalue weighted by Crippen LogP contribution is -2.31. The Hall–Kier alpha value is -1.63. The van der Waals surface area contributed by atoms with Crippen LogP contribution in [0.4, 0.5) is 5.69 Å². The van der Waals surface area contributed by atoms with E-state index in [2.05, 4.69) is 10.6 Å². The summed E-state index contributed by atoms with van der Waals surface area (Å²) in [5.41, 5.74) is 7.15. The quantitative estimate of drug-likeness (QED) is 0.630. The zero-order valence-electron chi connectivity index (χ0n) is 14.5. The fourth-order valence-corrected chi connectivity index (χ4v) is 1.95. The van der Waals surface area contributed by atoms with E-state index < -0.39 is 0 Å². The van der Waals surface area contributed by atoms with Crippen molar-refractivity contribution in [1.82, 2.24) is 5.32 Å². The monoisotopic (exact) mass is 357 g/mol. The predicted octanol–water partition coefficient (Wildman–Crippen LogP) is 2.07. The molecule has 24 heavy (non-hydrogen) atoms. The maximum absolute atomic E-state index is 11.9. The third kappa shape index (κ3) is 7.77. The third-order valence-corrected chi connectivity index (χ3v) is 3.75. The number of methoxy groups -OCH3 is 1. The van der Waals surface area contributed by atoms with Crippen molar-refractivity contribution in [2.24, 2.45) is 11.7 Å². The number of carbonyl (C=O) groups excluding carboxylic acids is 2. The molecule has 0 spiro atoms. The smallest absolute Gasteiger partial charge is 0.227 e. The molecular formula is C17H28ClN3O3. The second kappa shape index (κ2) is 11.8. The predicted molar refractivity (Wildman–Crippen MR) is 98.1 cm³/mol. The summed E-state index contributed by atoms with van der Waals surface area (Å²) in [4.78, 5) is 23.7. The highest BCUT2D eigenvalue weighted by molar-refractivity contribution is 5.92. The highest BCUT2D eigenvalue weighted by Gasteiger charge is 2.12. The standard InChI is InChI=1S/C17H27N3O3.ClH/c1-4-12(2)17(22)20-14-7-5-6-13(8-14)11-19-16(21)9-15(10-18)23-3;/h5-8,12,15H,4,9-11,18H2,1-3H3,(H,19,21)(H,20,22);1H. The molecule has 0 aromatic heterocycles. The van der Waals surface area contributed by atoms with Crippen molar-refractivity contribution >= 4 is 29.9 Å². The van der Waals surface area contributed by atoms with E-state index in [1.807, 2.05) is 38.1 Å². The second-order valence-corrected chi connectivity index (χ2v) is 5.57. The van der Waals surface area contributed by atoms with Gasteiger partial charge in [0.2, 0.25) is 11.8 Å². The second-order valence-electron chi connectivity index (χ2n) is 5.57. The number of halogens is 1. The van der Waals surface area contributed by atoms with Gasteiger partial charge in [-0.25, -0.2) is 0 Å². The molecule has 0 aliphatic carbocycles. The molecule has 1 aromatic carbocycles. The van der Waals surface area contributed by atoms with Crippen LogP contribution in [0.2, 0.25) is 0 Å². The van der Waals surface area contributed by atoms with Crippen LogP contribution < -0.4 is 16.4 Å².